The number of rotatable bonds is 3. The van der Waals surface area contributed by atoms with Crippen molar-refractivity contribution in [3.8, 4) is 22.7 Å². The van der Waals surface area contributed by atoms with E-state index in [9.17, 15) is 4.79 Å². The van der Waals surface area contributed by atoms with Crippen molar-refractivity contribution in [3.05, 3.63) is 65.1 Å². The number of hydrogen-bond donors (Lipinski definition) is 0. The highest BCUT2D eigenvalue weighted by atomic mass is 16.5. The Kier molecular flexibility index (Phi) is 3.95. The van der Waals surface area contributed by atoms with Gasteiger partial charge in [0.15, 0.2) is 0 Å². The van der Waals surface area contributed by atoms with Gasteiger partial charge in [-0.1, -0.05) is 6.07 Å². The molecule has 8 nitrogen and oxygen atoms in total. The Bertz CT molecular complexity index is 1470. The molecule has 0 radical (unpaired) electrons. The number of nitrogens with zero attached hydrogens (tertiary/aromatic N) is 6. The third-order valence-corrected chi connectivity index (χ3v) is 5.61. The van der Waals surface area contributed by atoms with E-state index in [1.54, 1.807) is 46.6 Å². The predicted octanol–water partition coefficient (Wildman–Crippen LogP) is 2.99. The average molecular weight is 400 g/mol. The number of fused-ring (bicyclic) bond motifs is 3. The lowest BCUT2D eigenvalue weighted by Crippen LogP contribution is -2.21. The lowest BCUT2D eigenvalue weighted by molar-refractivity contribution is 0.398. The van der Waals surface area contributed by atoms with Gasteiger partial charge in [-0.25, -0.2) is 9.78 Å². The fourth-order valence-electron chi connectivity index (χ4n) is 3.78. The topological polar surface area (TPSA) is 79.8 Å². The van der Waals surface area contributed by atoms with Gasteiger partial charge in [0, 0.05) is 37.3 Å². The maximum Gasteiger partial charge on any atom is 0.333 e. The molecule has 0 bridgehead atoms. The fourth-order valence-corrected chi connectivity index (χ4v) is 3.78. The molecule has 8 heteroatoms. The van der Waals surface area contributed by atoms with Crippen LogP contribution in [0.25, 0.3) is 38.8 Å². The molecule has 30 heavy (non-hydrogen) atoms. The Labute approximate surface area is 172 Å². The summed E-state index contributed by atoms with van der Waals surface area (Å²) < 4.78 is 10.3. The molecule has 0 aliphatic carbocycles. The van der Waals surface area contributed by atoms with E-state index in [1.807, 2.05) is 38.2 Å². The van der Waals surface area contributed by atoms with Crippen molar-refractivity contribution in [2.75, 3.05) is 7.11 Å². The van der Waals surface area contributed by atoms with E-state index in [1.165, 1.54) is 0 Å². The van der Waals surface area contributed by atoms with Crippen LogP contribution in [0.2, 0.25) is 0 Å². The van der Waals surface area contributed by atoms with E-state index < -0.39 is 0 Å². The summed E-state index contributed by atoms with van der Waals surface area (Å²) in [6.45, 7) is 1.95. The molecule has 0 saturated heterocycles. The summed E-state index contributed by atoms with van der Waals surface area (Å²) in [7, 11) is 5.22. The van der Waals surface area contributed by atoms with Crippen LogP contribution in [0.5, 0.6) is 5.88 Å². The van der Waals surface area contributed by atoms with Crippen LogP contribution in [-0.2, 0) is 14.1 Å². The molecule has 5 rings (SSSR count). The van der Waals surface area contributed by atoms with Gasteiger partial charge in [0.2, 0.25) is 5.88 Å². The van der Waals surface area contributed by atoms with Crippen molar-refractivity contribution in [3.63, 3.8) is 0 Å². The first-order valence-corrected chi connectivity index (χ1v) is 9.49. The Morgan fingerprint density at radius 1 is 0.967 bits per heavy atom. The Balaban J connectivity index is 1.84. The summed E-state index contributed by atoms with van der Waals surface area (Å²) in [4.78, 5) is 22.0. The molecule has 1 aromatic carbocycles. The molecule has 0 spiro atoms. The minimum absolute atomic E-state index is 0.132. The van der Waals surface area contributed by atoms with E-state index in [-0.39, 0.29) is 5.69 Å². The molecule has 0 aliphatic rings. The molecule has 150 valence electrons. The van der Waals surface area contributed by atoms with Crippen LogP contribution in [0.3, 0.4) is 0 Å². The van der Waals surface area contributed by atoms with Crippen LogP contribution in [-0.4, -0.2) is 36.0 Å². The summed E-state index contributed by atoms with van der Waals surface area (Å²) in [6, 6.07) is 9.81. The van der Waals surface area contributed by atoms with Gasteiger partial charge in [0.05, 0.1) is 47.4 Å². The van der Waals surface area contributed by atoms with Crippen LogP contribution in [0.4, 0.5) is 0 Å². The van der Waals surface area contributed by atoms with E-state index >= 15 is 0 Å². The number of hydrogen-bond acceptors (Lipinski definition) is 5. The molecule has 4 aromatic heterocycles. The van der Waals surface area contributed by atoms with Crippen molar-refractivity contribution < 1.29 is 4.74 Å². The molecule has 0 aliphatic heterocycles. The van der Waals surface area contributed by atoms with E-state index in [4.69, 9.17) is 4.74 Å². The van der Waals surface area contributed by atoms with Gasteiger partial charge in [-0.2, -0.15) is 5.10 Å². The Morgan fingerprint density at radius 2 is 1.77 bits per heavy atom. The largest absolute Gasteiger partial charge is 0.481 e. The minimum atomic E-state index is -0.132. The first-order chi connectivity index (χ1) is 14.5. The van der Waals surface area contributed by atoms with E-state index in [0.717, 1.165) is 44.4 Å². The molecule has 0 N–H and O–H groups in total. The standard InChI is InChI=1S/C22H20N6O2/c1-13-18(12-25-27(13)3)28-21-16-9-14(15-6-8-20(30-4)24-10-15)5-7-17(16)23-11-19(21)26(2)22(28)29/h5-12H,1-4H3. The highest BCUT2D eigenvalue weighted by Crippen LogP contribution is 2.30. The van der Waals surface area contributed by atoms with Crippen LogP contribution >= 0.6 is 0 Å². The number of ether oxygens (including phenoxy) is 1. The third-order valence-electron chi connectivity index (χ3n) is 5.61. The average Bonchev–Trinajstić information content (AvgIpc) is 3.23. The lowest BCUT2D eigenvalue weighted by atomic mass is 10.0. The maximum absolute atomic E-state index is 13.2. The van der Waals surface area contributed by atoms with Gasteiger partial charge in [-0.05, 0) is 30.7 Å². The van der Waals surface area contributed by atoms with Crippen molar-refractivity contribution in [2.24, 2.45) is 14.1 Å². The summed E-state index contributed by atoms with van der Waals surface area (Å²) in [6.07, 6.45) is 5.24. The molecular formula is C22H20N6O2. The Morgan fingerprint density at radius 3 is 2.43 bits per heavy atom. The van der Waals surface area contributed by atoms with Crippen LogP contribution in [0.1, 0.15) is 5.69 Å². The zero-order valence-corrected chi connectivity index (χ0v) is 17.1. The summed E-state index contributed by atoms with van der Waals surface area (Å²) in [5.74, 6) is 0.563. The molecule has 0 unspecified atom stereocenters. The lowest BCUT2D eigenvalue weighted by Gasteiger charge is -2.08. The second-order valence-electron chi connectivity index (χ2n) is 7.23. The summed E-state index contributed by atoms with van der Waals surface area (Å²) in [5.41, 5.74) is 5.87. The fraction of sp³-hybridized carbons (Fsp3) is 0.182. The molecule has 4 heterocycles. The minimum Gasteiger partial charge on any atom is -0.481 e. The van der Waals surface area contributed by atoms with Gasteiger partial charge in [0.1, 0.15) is 0 Å². The smallest absolute Gasteiger partial charge is 0.333 e. The number of aryl methyl sites for hydroxylation is 2. The maximum atomic E-state index is 13.2. The van der Waals surface area contributed by atoms with Gasteiger partial charge < -0.3 is 4.74 Å². The van der Waals surface area contributed by atoms with Crippen molar-refractivity contribution in [2.45, 2.75) is 6.92 Å². The zero-order valence-electron chi connectivity index (χ0n) is 17.1. The highest BCUT2D eigenvalue weighted by molar-refractivity contribution is 6.04. The number of pyridine rings is 2. The van der Waals surface area contributed by atoms with Gasteiger partial charge >= 0.3 is 5.69 Å². The van der Waals surface area contributed by atoms with Crippen molar-refractivity contribution in [1.82, 2.24) is 28.9 Å². The molecule has 0 saturated carbocycles. The summed E-state index contributed by atoms with van der Waals surface area (Å²) >= 11 is 0. The number of imidazole rings is 1. The second kappa shape index (κ2) is 6.55. The normalized spacial score (nSPS) is 11.5. The number of methoxy groups -OCH3 is 1. The monoisotopic (exact) mass is 400 g/mol. The highest BCUT2D eigenvalue weighted by Gasteiger charge is 2.19. The molecule has 0 amide bonds. The van der Waals surface area contributed by atoms with Crippen molar-refractivity contribution >= 4 is 21.9 Å². The predicted molar refractivity (Wildman–Crippen MR) is 115 cm³/mol. The van der Waals surface area contributed by atoms with Crippen molar-refractivity contribution in [1.29, 1.82) is 0 Å². The van der Waals surface area contributed by atoms with Gasteiger partial charge in [0.25, 0.3) is 0 Å². The third kappa shape index (κ3) is 2.53. The zero-order chi connectivity index (χ0) is 21.0. The molecular weight excluding hydrogens is 380 g/mol. The molecule has 5 aromatic rings. The van der Waals surface area contributed by atoms with E-state index in [2.05, 4.69) is 21.1 Å². The number of aromatic nitrogens is 6. The first kappa shape index (κ1) is 18.1. The number of benzene rings is 1. The SMILES string of the molecule is COc1ccc(-c2ccc3ncc4c(c3c2)n(-c2cnn(C)c2C)c(=O)n4C)cn1. The first-order valence-electron chi connectivity index (χ1n) is 9.49. The van der Waals surface area contributed by atoms with Crippen LogP contribution < -0.4 is 10.4 Å². The van der Waals surface area contributed by atoms with Gasteiger partial charge in [-0.15, -0.1) is 0 Å². The molecule has 0 fully saturated rings. The summed E-state index contributed by atoms with van der Waals surface area (Å²) in [5, 5.41) is 5.21. The van der Waals surface area contributed by atoms with Gasteiger partial charge in [-0.3, -0.25) is 18.8 Å². The molecule has 0 atom stereocenters. The van der Waals surface area contributed by atoms with E-state index in [0.29, 0.717) is 5.88 Å². The second-order valence-corrected chi connectivity index (χ2v) is 7.23. The van der Waals surface area contributed by atoms with Crippen LogP contribution in [0, 0.1) is 6.92 Å². The quantitative estimate of drug-likeness (QED) is 0.465. The van der Waals surface area contributed by atoms with Crippen LogP contribution in [0.15, 0.2) is 53.7 Å². The Hall–Kier alpha value is -3.94.